The molecule has 1 rings (SSSR count). The van der Waals surface area contributed by atoms with Crippen molar-refractivity contribution >= 4 is 23.3 Å². The average molecular weight is 298 g/mol. The lowest BCUT2D eigenvalue weighted by Crippen LogP contribution is -2.43. The van der Waals surface area contributed by atoms with Crippen molar-refractivity contribution in [3.63, 3.8) is 0 Å². The van der Waals surface area contributed by atoms with Crippen LogP contribution in [0.1, 0.15) is 27.7 Å². The van der Waals surface area contributed by atoms with E-state index in [-0.39, 0.29) is 6.03 Å². The van der Waals surface area contributed by atoms with E-state index in [4.69, 9.17) is 11.6 Å². The molecule has 1 aromatic rings. The van der Waals surface area contributed by atoms with E-state index in [9.17, 15) is 4.79 Å². The highest BCUT2D eigenvalue weighted by atomic mass is 35.5. The van der Waals surface area contributed by atoms with E-state index in [1.807, 2.05) is 0 Å². The van der Waals surface area contributed by atoms with Gasteiger partial charge in [0.05, 0.1) is 0 Å². The molecule has 0 atom stereocenters. The SMILES string of the molecule is CC(C)N(CCNC(=O)Nc1cccc(Cl)c1)C(C)C. The summed E-state index contributed by atoms with van der Waals surface area (Å²) in [4.78, 5) is 14.1. The van der Waals surface area contributed by atoms with Crippen molar-refractivity contribution in [2.75, 3.05) is 18.4 Å². The molecule has 0 saturated heterocycles. The van der Waals surface area contributed by atoms with Gasteiger partial charge >= 0.3 is 6.03 Å². The highest BCUT2D eigenvalue weighted by molar-refractivity contribution is 6.30. The van der Waals surface area contributed by atoms with E-state index < -0.39 is 0 Å². The summed E-state index contributed by atoms with van der Waals surface area (Å²) in [5.74, 6) is 0. The molecule has 20 heavy (non-hydrogen) atoms. The molecule has 0 fully saturated rings. The molecule has 2 N–H and O–H groups in total. The fraction of sp³-hybridized carbons (Fsp3) is 0.533. The number of carbonyl (C=O) groups excluding carboxylic acids is 1. The van der Waals surface area contributed by atoms with Gasteiger partial charge in [-0.1, -0.05) is 17.7 Å². The number of halogens is 1. The summed E-state index contributed by atoms with van der Waals surface area (Å²) >= 11 is 5.87. The second-order valence-corrected chi connectivity index (χ2v) is 5.75. The van der Waals surface area contributed by atoms with Gasteiger partial charge in [-0.15, -0.1) is 0 Å². The molecule has 0 bridgehead atoms. The van der Waals surface area contributed by atoms with Crippen LogP contribution in [-0.4, -0.2) is 36.1 Å². The number of rotatable bonds is 6. The van der Waals surface area contributed by atoms with Crippen molar-refractivity contribution in [2.45, 2.75) is 39.8 Å². The first-order chi connectivity index (χ1) is 9.40. The van der Waals surface area contributed by atoms with Crippen LogP contribution in [0, 0.1) is 0 Å². The topological polar surface area (TPSA) is 44.4 Å². The highest BCUT2D eigenvalue weighted by Crippen LogP contribution is 2.14. The second-order valence-electron chi connectivity index (χ2n) is 5.32. The summed E-state index contributed by atoms with van der Waals surface area (Å²) in [5.41, 5.74) is 0.694. The number of urea groups is 1. The van der Waals surface area contributed by atoms with E-state index >= 15 is 0 Å². The fourth-order valence-electron chi connectivity index (χ4n) is 2.15. The summed E-state index contributed by atoms with van der Waals surface area (Å²) in [5, 5.41) is 6.22. The molecule has 4 nitrogen and oxygen atoms in total. The van der Waals surface area contributed by atoms with Crippen LogP contribution in [-0.2, 0) is 0 Å². The van der Waals surface area contributed by atoms with Crippen LogP contribution >= 0.6 is 11.6 Å². The van der Waals surface area contributed by atoms with Crippen LogP contribution < -0.4 is 10.6 Å². The van der Waals surface area contributed by atoms with Gasteiger partial charge in [-0.3, -0.25) is 4.90 Å². The van der Waals surface area contributed by atoms with Gasteiger partial charge in [0.2, 0.25) is 0 Å². The molecule has 0 spiro atoms. The minimum Gasteiger partial charge on any atom is -0.337 e. The number of hydrogen-bond donors (Lipinski definition) is 2. The number of anilines is 1. The van der Waals surface area contributed by atoms with Gasteiger partial charge in [-0.25, -0.2) is 4.79 Å². The maximum Gasteiger partial charge on any atom is 0.319 e. The van der Waals surface area contributed by atoms with E-state index in [0.717, 1.165) is 6.54 Å². The summed E-state index contributed by atoms with van der Waals surface area (Å²) in [6.07, 6.45) is 0. The van der Waals surface area contributed by atoms with E-state index in [2.05, 4.69) is 43.2 Å². The van der Waals surface area contributed by atoms with Crippen LogP contribution in [0.4, 0.5) is 10.5 Å². The van der Waals surface area contributed by atoms with Crippen LogP contribution in [0.5, 0.6) is 0 Å². The van der Waals surface area contributed by atoms with Crippen LogP contribution in [0.2, 0.25) is 5.02 Å². The van der Waals surface area contributed by atoms with Gasteiger partial charge < -0.3 is 10.6 Å². The Balaban J connectivity index is 2.36. The Bertz CT molecular complexity index is 427. The quantitative estimate of drug-likeness (QED) is 0.843. The Morgan fingerprint density at radius 2 is 1.90 bits per heavy atom. The lowest BCUT2D eigenvalue weighted by atomic mass is 10.2. The number of hydrogen-bond acceptors (Lipinski definition) is 2. The number of amides is 2. The van der Waals surface area contributed by atoms with E-state index in [1.54, 1.807) is 24.3 Å². The van der Waals surface area contributed by atoms with Crippen molar-refractivity contribution in [2.24, 2.45) is 0 Å². The first-order valence-corrected chi connectivity index (χ1v) is 7.34. The molecule has 0 aliphatic heterocycles. The Hall–Kier alpha value is -1.26. The molecular formula is C15H24ClN3O. The molecule has 0 unspecified atom stereocenters. The van der Waals surface area contributed by atoms with Gasteiger partial charge in [0.15, 0.2) is 0 Å². The number of nitrogens with zero attached hydrogens (tertiary/aromatic N) is 1. The largest absolute Gasteiger partial charge is 0.337 e. The summed E-state index contributed by atoms with van der Waals surface area (Å²) < 4.78 is 0. The third kappa shape index (κ3) is 5.80. The molecule has 0 heterocycles. The molecule has 1 aromatic carbocycles. The summed E-state index contributed by atoms with van der Waals surface area (Å²) in [6, 6.07) is 7.82. The highest BCUT2D eigenvalue weighted by Gasteiger charge is 2.12. The van der Waals surface area contributed by atoms with Crippen molar-refractivity contribution in [1.82, 2.24) is 10.2 Å². The molecule has 0 saturated carbocycles. The van der Waals surface area contributed by atoms with E-state index in [1.165, 1.54) is 0 Å². The lowest BCUT2D eigenvalue weighted by Gasteiger charge is -2.30. The number of carbonyl (C=O) groups is 1. The first-order valence-electron chi connectivity index (χ1n) is 6.96. The van der Waals surface area contributed by atoms with Crippen molar-refractivity contribution < 1.29 is 4.79 Å². The van der Waals surface area contributed by atoms with Crippen molar-refractivity contribution in [3.8, 4) is 0 Å². The average Bonchev–Trinajstić information content (AvgIpc) is 2.33. The molecule has 0 radical (unpaired) electrons. The lowest BCUT2D eigenvalue weighted by molar-refractivity contribution is 0.176. The normalized spacial score (nSPS) is 11.2. The van der Waals surface area contributed by atoms with E-state index in [0.29, 0.717) is 29.3 Å². The summed E-state index contributed by atoms with van der Waals surface area (Å²) in [6.45, 7) is 10.1. The molecule has 2 amide bonds. The molecule has 0 aliphatic carbocycles. The minimum atomic E-state index is -0.209. The van der Waals surface area contributed by atoms with Crippen LogP contribution in [0.3, 0.4) is 0 Å². The monoisotopic (exact) mass is 297 g/mol. The fourth-order valence-corrected chi connectivity index (χ4v) is 2.34. The van der Waals surface area contributed by atoms with Crippen molar-refractivity contribution in [1.29, 1.82) is 0 Å². The van der Waals surface area contributed by atoms with Crippen LogP contribution in [0.15, 0.2) is 24.3 Å². The maximum absolute atomic E-state index is 11.8. The third-order valence-corrected chi connectivity index (χ3v) is 3.30. The Morgan fingerprint density at radius 1 is 1.25 bits per heavy atom. The molecule has 0 aromatic heterocycles. The van der Waals surface area contributed by atoms with Gasteiger partial charge in [0.1, 0.15) is 0 Å². The Labute approximate surface area is 126 Å². The predicted molar refractivity (Wildman–Crippen MR) is 85.5 cm³/mol. The molecule has 112 valence electrons. The second kappa shape index (κ2) is 8.12. The van der Waals surface area contributed by atoms with Crippen LogP contribution in [0.25, 0.3) is 0 Å². The number of nitrogens with one attached hydrogen (secondary N) is 2. The smallest absolute Gasteiger partial charge is 0.319 e. The zero-order valence-corrected chi connectivity index (χ0v) is 13.4. The Kier molecular flexibility index (Phi) is 6.82. The van der Waals surface area contributed by atoms with Gasteiger partial charge in [0.25, 0.3) is 0 Å². The number of benzene rings is 1. The molecular weight excluding hydrogens is 274 g/mol. The standard InChI is InChI=1S/C15H24ClN3O/c1-11(2)19(12(3)4)9-8-17-15(20)18-14-7-5-6-13(16)10-14/h5-7,10-12H,8-9H2,1-4H3,(H2,17,18,20). The van der Waals surface area contributed by atoms with Crippen molar-refractivity contribution in [3.05, 3.63) is 29.3 Å². The zero-order valence-electron chi connectivity index (χ0n) is 12.6. The van der Waals surface area contributed by atoms with Gasteiger partial charge in [-0.2, -0.15) is 0 Å². The predicted octanol–water partition coefficient (Wildman–Crippen LogP) is 3.58. The zero-order chi connectivity index (χ0) is 15.1. The molecule has 0 aliphatic rings. The minimum absolute atomic E-state index is 0.209. The van der Waals surface area contributed by atoms with Gasteiger partial charge in [-0.05, 0) is 45.9 Å². The molecule has 5 heteroatoms. The Morgan fingerprint density at radius 3 is 2.45 bits per heavy atom. The van der Waals surface area contributed by atoms with Gasteiger partial charge in [0, 0.05) is 35.9 Å². The first kappa shape index (κ1) is 16.8. The summed E-state index contributed by atoms with van der Waals surface area (Å²) in [7, 11) is 0. The third-order valence-electron chi connectivity index (χ3n) is 3.06. The maximum atomic E-state index is 11.8.